The predicted octanol–water partition coefficient (Wildman–Crippen LogP) is 3.41. The molecule has 0 atom stereocenters. The van der Waals surface area contributed by atoms with Crippen molar-refractivity contribution < 1.29 is 41.4 Å². The second-order valence-electron chi connectivity index (χ2n) is 5.28. The number of carbonyl (C=O) groups is 2. The fraction of sp³-hybridized carbons (Fsp3) is 0.222. The van der Waals surface area contributed by atoms with Gasteiger partial charge in [-0.25, -0.2) is 9.59 Å². The van der Waals surface area contributed by atoms with Gasteiger partial charge in [0.15, 0.2) is 0 Å². The minimum Gasteiger partial charge on any atom is -0.465 e. The first-order valence-electron chi connectivity index (χ1n) is 7.71. The van der Waals surface area contributed by atoms with Crippen LogP contribution in [0.3, 0.4) is 0 Å². The normalized spacial score (nSPS) is 14.2. The maximum atomic E-state index is 13.2. The van der Waals surface area contributed by atoms with Crippen LogP contribution in [-0.4, -0.2) is 38.7 Å². The molecule has 0 aliphatic carbocycles. The molecule has 0 N–H and O–H groups in total. The Morgan fingerprint density at radius 3 is 2.36 bits per heavy atom. The second kappa shape index (κ2) is 8.59. The molecule has 0 bridgehead atoms. The van der Waals surface area contributed by atoms with E-state index >= 15 is 0 Å². The van der Waals surface area contributed by atoms with Gasteiger partial charge in [0.05, 0.1) is 19.8 Å². The average Bonchev–Trinajstić information content (AvgIpc) is 2.89. The topological polar surface area (TPSA) is 65.1 Å². The van der Waals surface area contributed by atoms with E-state index in [-0.39, 0.29) is 17.0 Å². The summed E-state index contributed by atoms with van der Waals surface area (Å²) in [5.74, 6) is -2.33. The number of anilines is 1. The Bertz CT molecular complexity index is 848. The average molecular weight is 401 g/mol. The van der Waals surface area contributed by atoms with Crippen LogP contribution in [-0.2, 0) is 19.1 Å². The van der Waals surface area contributed by atoms with Crippen molar-refractivity contribution in [1.82, 2.24) is 0 Å². The minimum atomic E-state index is -4.70. The van der Waals surface area contributed by atoms with Crippen molar-refractivity contribution in [2.45, 2.75) is 12.5 Å². The van der Waals surface area contributed by atoms with E-state index in [1.807, 2.05) is 0 Å². The third-order valence-electron chi connectivity index (χ3n) is 3.49. The molecule has 1 aliphatic heterocycles. The smallest absolute Gasteiger partial charge is 0.461 e. The van der Waals surface area contributed by atoms with Crippen LogP contribution in [0.25, 0.3) is 0 Å². The van der Waals surface area contributed by atoms with E-state index in [4.69, 9.17) is 4.74 Å². The first-order chi connectivity index (χ1) is 13.2. The van der Waals surface area contributed by atoms with E-state index in [9.17, 15) is 27.2 Å². The van der Waals surface area contributed by atoms with Gasteiger partial charge in [-0.3, -0.25) is 0 Å². The van der Waals surface area contributed by atoms with E-state index in [0.29, 0.717) is 0 Å². The molecule has 0 aromatic heterocycles. The number of benzene rings is 1. The molecule has 1 aliphatic rings. The monoisotopic (exact) mass is 401 g/mol. The van der Waals surface area contributed by atoms with E-state index in [1.165, 1.54) is 36.6 Å². The highest BCUT2D eigenvalue weighted by molar-refractivity contribution is 6.05. The van der Waals surface area contributed by atoms with Gasteiger partial charge in [0, 0.05) is 18.0 Å². The number of rotatable bonds is 6. The van der Waals surface area contributed by atoms with Crippen molar-refractivity contribution in [3.05, 3.63) is 60.0 Å². The largest absolute Gasteiger partial charge is 0.465 e. The summed E-state index contributed by atoms with van der Waals surface area (Å²) in [5.41, 5.74) is -0.356. The van der Waals surface area contributed by atoms with Crippen LogP contribution in [0.2, 0.25) is 0 Å². The molecule has 6 nitrogen and oxygen atoms in total. The summed E-state index contributed by atoms with van der Waals surface area (Å²) in [5, 5.41) is 0. The minimum absolute atomic E-state index is 0.0734. The number of halogens is 4. The van der Waals surface area contributed by atoms with Gasteiger partial charge in [-0.2, -0.15) is 17.6 Å². The molecular weight excluding hydrogens is 386 g/mol. The SMILES string of the molecule is COC(=O)C1=C(C(=O)OC)N(c2cccc(OC(F)(F)C(F)F)c2)C=CC=C1. The van der Waals surface area contributed by atoms with Gasteiger partial charge in [-0.05, 0) is 24.3 Å². The van der Waals surface area contributed by atoms with E-state index in [0.717, 1.165) is 31.3 Å². The highest BCUT2D eigenvalue weighted by atomic mass is 19.3. The van der Waals surface area contributed by atoms with Crippen molar-refractivity contribution in [2.75, 3.05) is 19.1 Å². The lowest BCUT2D eigenvalue weighted by molar-refractivity contribution is -0.253. The summed E-state index contributed by atoms with van der Waals surface area (Å²) in [7, 11) is 2.20. The number of methoxy groups -OCH3 is 2. The van der Waals surface area contributed by atoms with Crippen molar-refractivity contribution in [1.29, 1.82) is 0 Å². The van der Waals surface area contributed by atoms with Gasteiger partial charge >= 0.3 is 24.5 Å². The van der Waals surface area contributed by atoms with Gasteiger partial charge in [-0.15, -0.1) is 0 Å². The Hall–Kier alpha value is -3.30. The van der Waals surface area contributed by atoms with Crippen LogP contribution < -0.4 is 9.64 Å². The van der Waals surface area contributed by atoms with Crippen molar-refractivity contribution in [3.63, 3.8) is 0 Å². The Labute approximate surface area is 157 Å². The third-order valence-corrected chi connectivity index (χ3v) is 3.49. The summed E-state index contributed by atoms with van der Waals surface area (Å²) in [4.78, 5) is 25.5. The molecule has 10 heteroatoms. The van der Waals surface area contributed by atoms with Crippen LogP contribution in [0.4, 0.5) is 23.2 Å². The van der Waals surface area contributed by atoms with Crippen LogP contribution in [0.5, 0.6) is 5.75 Å². The van der Waals surface area contributed by atoms with Gasteiger partial charge in [0.1, 0.15) is 11.4 Å². The van der Waals surface area contributed by atoms with Gasteiger partial charge in [0.2, 0.25) is 0 Å². The standard InChI is InChI=1S/C18H15F4NO5/c1-26-15(24)13-8-3-4-9-23(14(13)16(25)27-2)11-6-5-7-12(10-11)28-18(21,22)17(19)20/h3-10,17H,1-2H3. The summed E-state index contributed by atoms with van der Waals surface area (Å²) in [6.07, 6.45) is -3.17. The number of alkyl halides is 4. The molecule has 1 aromatic rings. The number of esters is 2. The van der Waals surface area contributed by atoms with Crippen molar-refractivity contribution in [2.24, 2.45) is 0 Å². The lowest BCUT2D eigenvalue weighted by Crippen LogP contribution is -2.33. The molecule has 1 heterocycles. The lowest BCUT2D eigenvalue weighted by atomic mass is 10.1. The molecule has 2 rings (SSSR count). The van der Waals surface area contributed by atoms with E-state index in [2.05, 4.69) is 9.47 Å². The Morgan fingerprint density at radius 1 is 1.07 bits per heavy atom. The summed E-state index contributed by atoms with van der Waals surface area (Å²) in [6, 6.07) is 4.69. The molecule has 0 fully saturated rings. The van der Waals surface area contributed by atoms with Crippen LogP contribution in [0.15, 0.2) is 60.0 Å². The Morgan fingerprint density at radius 2 is 1.75 bits per heavy atom. The molecular formula is C18H15F4NO5. The molecule has 0 spiro atoms. The zero-order valence-corrected chi connectivity index (χ0v) is 14.7. The molecule has 1 aromatic carbocycles. The van der Waals surface area contributed by atoms with Crippen LogP contribution >= 0.6 is 0 Å². The molecule has 150 valence electrons. The lowest BCUT2D eigenvalue weighted by Gasteiger charge is -2.24. The molecule has 0 amide bonds. The Balaban J connectivity index is 2.54. The number of hydrogen-bond donors (Lipinski definition) is 0. The summed E-state index contributed by atoms with van der Waals surface area (Å²) in [6.45, 7) is 0. The van der Waals surface area contributed by atoms with E-state index in [1.54, 1.807) is 0 Å². The number of allylic oxidation sites excluding steroid dienone is 2. The zero-order chi connectivity index (χ0) is 20.9. The molecule has 0 unspecified atom stereocenters. The summed E-state index contributed by atoms with van der Waals surface area (Å²) >= 11 is 0. The molecule has 0 saturated carbocycles. The number of hydrogen-bond acceptors (Lipinski definition) is 6. The summed E-state index contributed by atoms with van der Waals surface area (Å²) < 4.78 is 64.6. The maximum absolute atomic E-state index is 13.2. The second-order valence-corrected chi connectivity index (χ2v) is 5.28. The third kappa shape index (κ3) is 4.51. The van der Waals surface area contributed by atoms with Crippen LogP contribution in [0, 0.1) is 0 Å². The maximum Gasteiger partial charge on any atom is 0.461 e. The van der Waals surface area contributed by atoms with Crippen molar-refractivity contribution in [3.8, 4) is 5.75 Å². The molecule has 28 heavy (non-hydrogen) atoms. The highest BCUT2D eigenvalue weighted by Crippen LogP contribution is 2.32. The highest BCUT2D eigenvalue weighted by Gasteiger charge is 2.44. The zero-order valence-electron chi connectivity index (χ0n) is 14.7. The number of nitrogens with zero attached hydrogens (tertiary/aromatic N) is 1. The Kier molecular flexibility index (Phi) is 6.45. The fourth-order valence-corrected chi connectivity index (χ4v) is 2.26. The molecule has 0 radical (unpaired) electrons. The first kappa shape index (κ1) is 21.0. The van der Waals surface area contributed by atoms with Gasteiger partial charge in [0.25, 0.3) is 0 Å². The predicted molar refractivity (Wildman–Crippen MR) is 89.8 cm³/mol. The van der Waals surface area contributed by atoms with Gasteiger partial charge < -0.3 is 19.1 Å². The quantitative estimate of drug-likeness (QED) is 0.538. The van der Waals surface area contributed by atoms with E-state index < -0.39 is 30.2 Å². The van der Waals surface area contributed by atoms with Crippen molar-refractivity contribution >= 4 is 17.6 Å². The first-order valence-corrected chi connectivity index (χ1v) is 7.71. The number of carbonyl (C=O) groups excluding carboxylic acids is 2. The molecule has 0 saturated heterocycles. The number of ether oxygens (including phenoxy) is 3. The fourth-order valence-electron chi connectivity index (χ4n) is 2.26. The van der Waals surface area contributed by atoms with Gasteiger partial charge in [-0.1, -0.05) is 12.1 Å². The van der Waals surface area contributed by atoms with Crippen LogP contribution in [0.1, 0.15) is 0 Å².